The Labute approximate surface area is 233 Å². The number of anilines is 1. The average molecular weight is 555 g/mol. The summed E-state index contributed by atoms with van der Waals surface area (Å²) in [6.07, 6.45) is 5.12. The van der Waals surface area contributed by atoms with Crippen molar-refractivity contribution < 1.29 is 23.1 Å². The molecule has 2 aromatic rings. The lowest BCUT2D eigenvalue weighted by Crippen LogP contribution is -2.37. The Bertz CT molecular complexity index is 1370. The van der Waals surface area contributed by atoms with E-state index in [1.165, 1.54) is 19.3 Å². The standard InChI is InChI=1S/C31H42N2O5S/c1-19-12-14-23(15-13-19)26-20(2)25-16-24-18-32(17-22-10-8-7-9-11-22)39(36,37)33(24)28(25)21(3)27(26)29(30(34)35)38-31(4,5)6/h12-15,22,24,29H,7-11,16-18H2,1-6H3,(H,34,35)/t24?,29-/m0/s1. The van der Waals surface area contributed by atoms with Gasteiger partial charge in [-0.3, -0.25) is 4.31 Å². The van der Waals surface area contributed by atoms with Crippen LogP contribution in [-0.4, -0.2) is 48.5 Å². The second-order valence-corrected chi connectivity index (χ2v) is 14.5. The summed E-state index contributed by atoms with van der Waals surface area (Å²) in [6.45, 7) is 12.5. The summed E-state index contributed by atoms with van der Waals surface area (Å²) in [5.41, 5.74) is 5.94. The molecule has 2 heterocycles. The molecule has 7 nitrogen and oxygen atoms in total. The Morgan fingerprint density at radius 3 is 2.28 bits per heavy atom. The third-order valence-corrected chi connectivity index (χ3v) is 10.5. The first-order valence-corrected chi connectivity index (χ1v) is 15.6. The number of rotatable bonds is 6. The molecule has 39 heavy (non-hydrogen) atoms. The van der Waals surface area contributed by atoms with Crippen LogP contribution in [0.4, 0.5) is 5.69 Å². The molecule has 0 spiro atoms. The lowest BCUT2D eigenvalue weighted by atomic mass is 9.84. The zero-order valence-electron chi connectivity index (χ0n) is 24.1. The van der Waals surface area contributed by atoms with Gasteiger partial charge in [0.25, 0.3) is 0 Å². The lowest BCUT2D eigenvalue weighted by Gasteiger charge is -2.31. The largest absolute Gasteiger partial charge is 0.479 e. The van der Waals surface area contributed by atoms with Crippen molar-refractivity contribution in [3.63, 3.8) is 0 Å². The van der Waals surface area contributed by atoms with E-state index in [1.54, 1.807) is 8.61 Å². The molecule has 3 aliphatic rings. The fourth-order valence-corrected chi connectivity index (χ4v) is 8.85. The number of carboxylic acid groups (broad SMARTS) is 1. The predicted molar refractivity (Wildman–Crippen MR) is 154 cm³/mol. The van der Waals surface area contributed by atoms with Crippen LogP contribution in [0.5, 0.6) is 0 Å². The van der Waals surface area contributed by atoms with Crippen molar-refractivity contribution in [2.75, 3.05) is 17.4 Å². The molecule has 0 bridgehead atoms. The van der Waals surface area contributed by atoms with Gasteiger partial charge in [-0.05, 0) is 94.5 Å². The van der Waals surface area contributed by atoms with Gasteiger partial charge in [-0.1, -0.05) is 49.1 Å². The van der Waals surface area contributed by atoms with Crippen LogP contribution in [0.15, 0.2) is 24.3 Å². The number of ether oxygens (including phenoxy) is 1. The number of aryl methyl sites for hydroxylation is 1. The SMILES string of the molecule is Cc1ccc(-c2c(C)c3c(c(C)c2[C@H](OC(C)(C)C)C(=O)O)N2C(C3)CN(CC3CCCCC3)S2(=O)=O)cc1. The van der Waals surface area contributed by atoms with Crippen LogP contribution in [0.2, 0.25) is 0 Å². The van der Waals surface area contributed by atoms with E-state index in [0.717, 1.165) is 40.7 Å². The topological polar surface area (TPSA) is 87.2 Å². The molecule has 5 rings (SSSR count). The summed E-state index contributed by atoms with van der Waals surface area (Å²) < 4.78 is 37.5. The monoisotopic (exact) mass is 554 g/mol. The van der Waals surface area contributed by atoms with Crippen molar-refractivity contribution in [2.24, 2.45) is 5.92 Å². The molecule has 1 N–H and O–H groups in total. The van der Waals surface area contributed by atoms with Crippen molar-refractivity contribution in [1.82, 2.24) is 4.31 Å². The van der Waals surface area contributed by atoms with E-state index in [2.05, 4.69) is 0 Å². The highest BCUT2D eigenvalue weighted by Gasteiger charge is 2.51. The first kappa shape index (κ1) is 28.1. The predicted octanol–water partition coefficient (Wildman–Crippen LogP) is 6.09. The molecule has 1 saturated carbocycles. The minimum absolute atomic E-state index is 0.182. The molecule has 2 atom stereocenters. The van der Waals surface area contributed by atoms with E-state index in [9.17, 15) is 18.3 Å². The maximum atomic E-state index is 14.0. The van der Waals surface area contributed by atoms with Crippen molar-refractivity contribution in [1.29, 1.82) is 0 Å². The van der Waals surface area contributed by atoms with Crippen LogP contribution >= 0.6 is 0 Å². The van der Waals surface area contributed by atoms with Crippen LogP contribution in [0.1, 0.15) is 86.8 Å². The van der Waals surface area contributed by atoms with Crippen LogP contribution in [0.3, 0.4) is 0 Å². The number of nitrogens with zero attached hydrogens (tertiary/aromatic N) is 2. The molecular weight excluding hydrogens is 512 g/mol. The number of aliphatic carboxylic acids is 1. The zero-order chi connectivity index (χ0) is 28.3. The summed E-state index contributed by atoms with van der Waals surface area (Å²) in [6, 6.07) is 7.89. The van der Waals surface area contributed by atoms with E-state index in [4.69, 9.17) is 4.74 Å². The number of hydrogen-bond acceptors (Lipinski definition) is 4. The Morgan fingerprint density at radius 1 is 1.05 bits per heavy atom. The molecule has 1 saturated heterocycles. The highest BCUT2D eigenvalue weighted by atomic mass is 32.2. The molecule has 0 amide bonds. The average Bonchev–Trinajstić information content (AvgIpc) is 3.36. The van der Waals surface area contributed by atoms with Gasteiger partial charge in [-0.15, -0.1) is 0 Å². The van der Waals surface area contributed by atoms with Crippen molar-refractivity contribution in [3.8, 4) is 11.1 Å². The molecule has 0 radical (unpaired) electrons. The fraction of sp³-hybridized carbons (Fsp3) is 0.581. The minimum Gasteiger partial charge on any atom is -0.479 e. The van der Waals surface area contributed by atoms with Crippen molar-refractivity contribution >= 4 is 21.9 Å². The normalized spacial score (nSPS) is 22.1. The summed E-state index contributed by atoms with van der Waals surface area (Å²) in [5.74, 6) is -0.676. The maximum absolute atomic E-state index is 14.0. The second kappa shape index (κ2) is 10.2. The van der Waals surface area contributed by atoms with Gasteiger partial charge >= 0.3 is 16.2 Å². The van der Waals surface area contributed by atoms with Crippen molar-refractivity contribution in [3.05, 3.63) is 52.1 Å². The molecule has 212 valence electrons. The number of benzene rings is 2. The third-order valence-electron chi connectivity index (χ3n) is 8.61. The van der Waals surface area contributed by atoms with Crippen LogP contribution in [-0.2, 0) is 26.2 Å². The number of carbonyl (C=O) groups is 1. The molecule has 8 heteroatoms. The highest BCUT2D eigenvalue weighted by Crippen LogP contribution is 2.50. The first-order valence-electron chi connectivity index (χ1n) is 14.2. The van der Waals surface area contributed by atoms with E-state index in [-0.39, 0.29) is 6.04 Å². The lowest BCUT2D eigenvalue weighted by molar-refractivity contribution is -0.160. The fourth-order valence-electron chi connectivity index (χ4n) is 6.85. The number of carboxylic acids is 1. The molecule has 2 fully saturated rings. The summed E-state index contributed by atoms with van der Waals surface area (Å²) in [5, 5.41) is 10.4. The van der Waals surface area contributed by atoms with Crippen LogP contribution in [0, 0.1) is 26.7 Å². The Morgan fingerprint density at radius 2 is 1.69 bits per heavy atom. The second-order valence-electron chi connectivity index (χ2n) is 12.7. The summed E-state index contributed by atoms with van der Waals surface area (Å²) in [4.78, 5) is 12.7. The van der Waals surface area contributed by atoms with Crippen molar-refractivity contribution in [2.45, 2.75) is 97.8 Å². The molecule has 1 aliphatic carbocycles. The summed E-state index contributed by atoms with van der Waals surface area (Å²) in [7, 11) is -3.72. The number of hydrogen-bond donors (Lipinski definition) is 1. The molecule has 2 aliphatic heterocycles. The Hall–Kier alpha value is -2.42. The highest BCUT2D eigenvalue weighted by molar-refractivity contribution is 7.90. The van der Waals surface area contributed by atoms with E-state index in [1.807, 2.05) is 65.8 Å². The van der Waals surface area contributed by atoms with Crippen LogP contribution < -0.4 is 4.31 Å². The van der Waals surface area contributed by atoms with Gasteiger partial charge in [0.15, 0.2) is 6.10 Å². The van der Waals surface area contributed by atoms with E-state index < -0.39 is 27.9 Å². The van der Waals surface area contributed by atoms with E-state index in [0.29, 0.717) is 42.2 Å². The van der Waals surface area contributed by atoms with Gasteiger partial charge in [0.2, 0.25) is 0 Å². The quantitative estimate of drug-likeness (QED) is 0.467. The van der Waals surface area contributed by atoms with Gasteiger partial charge in [0.1, 0.15) is 0 Å². The number of fused-ring (bicyclic) bond motifs is 3. The van der Waals surface area contributed by atoms with Crippen LogP contribution in [0.25, 0.3) is 11.1 Å². The first-order chi connectivity index (χ1) is 18.3. The summed E-state index contributed by atoms with van der Waals surface area (Å²) >= 11 is 0. The maximum Gasteiger partial charge on any atom is 0.337 e. The zero-order valence-corrected chi connectivity index (χ0v) is 24.9. The smallest absolute Gasteiger partial charge is 0.337 e. The van der Waals surface area contributed by atoms with E-state index >= 15 is 0 Å². The molecule has 0 aromatic heterocycles. The molecule has 2 aromatic carbocycles. The molecular formula is C31H42N2O5S. The van der Waals surface area contributed by atoms with Gasteiger partial charge in [-0.25, -0.2) is 4.79 Å². The molecule has 1 unspecified atom stereocenters. The Kier molecular flexibility index (Phi) is 7.36. The minimum atomic E-state index is -3.72. The Balaban J connectivity index is 1.67. The van der Waals surface area contributed by atoms with Gasteiger partial charge in [0, 0.05) is 18.7 Å². The van der Waals surface area contributed by atoms with Gasteiger partial charge < -0.3 is 9.84 Å². The third kappa shape index (κ3) is 5.11. The van der Waals surface area contributed by atoms with Gasteiger partial charge in [0.05, 0.1) is 17.3 Å². The van der Waals surface area contributed by atoms with Gasteiger partial charge in [-0.2, -0.15) is 12.7 Å².